The molecule has 0 aromatic heterocycles. The second kappa shape index (κ2) is 5.98. The number of hydrogen-bond donors (Lipinski definition) is 1. The highest BCUT2D eigenvalue weighted by molar-refractivity contribution is 7.88. The van der Waals surface area contributed by atoms with E-state index in [0.29, 0.717) is 24.3 Å². The van der Waals surface area contributed by atoms with Gasteiger partial charge in [-0.3, -0.25) is 10.1 Å². The van der Waals surface area contributed by atoms with Gasteiger partial charge in [-0.05, 0) is 25.8 Å². The predicted octanol–water partition coefficient (Wildman–Crippen LogP) is 1.42. The molecule has 1 aliphatic rings. The molecule has 21 heavy (non-hydrogen) atoms. The van der Waals surface area contributed by atoms with Crippen LogP contribution in [0.15, 0.2) is 18.2 Å². The Morgan fingerprint density at radius 2 is 2.14 bits per heavy atom. The molecule has 1 aromatic rings. The number of nitrogens with zero attached hydrogens (tertiary/aromatic N) is 2. The molecule has 1 atom stereocenters. The minimum Gasteiger partial charge on any atom is -0.364 e. The summed E-state index contributed by atoms with van der Waals surface area (Å²) in [5.41, 5.74) is 1.26. The summed E-state index contributed by atoms with van der Waals surface area (Å²) in [4.78, 5) is 12.8. The fourth-order valence-electron chi connectivity index (χ4n) is 2.73. The molecule has 0 unspecified atom stereocenters. The van der Waals surface area contributed by atoms with Gasteiger partial charge in [0.05, 0.1) is 11.2 Å². The summed E-state index contributed by atoms with van der Waals surface area (Å²) in [6.45, 7) is 2.83. The summed E-state index contributed by atoms with van der Waals surface area (Å²) in [5, 5.41) is 11.3. The first kappa shape index (κ1) is 15.7. The minimum atomic E-state index is -3.27. The quantitative estimate of drug-likeness (QED) is 0.670. The van der Waals surface area contributed by atoms with Gasteiger partial charge >= 0.3 is 0 Å². The number of hydrogen-bond acceptors (Lipinski definition) is 5. The van der Waals surface area contributed by atoms with Gasteiger partial charge < -0.3 is 4.90 Å². The van der Waals surface area contributed by atoms with Crippen LogP contribution in [-0.4, -0.2) is 38.7 Å². The number of para-hydroxylation sites is 1. The molecule has 0 saturated carbocycles. The summed E-state index contributed by atoms with van der Waals surface area (Å²) >= 11 is 0. The number of nitro groups is 1. The summed E-state index contributed by atoms with van der Waals surface area (Å²) in [6, 6.07) is 4.99. The maximum absolute atomic E-state index is 11.3. The fraction of sp³-hybridized carbons (Fsp3) is 0.538. The Balaban J connectivity index is 2.26. The van der Waals surface area contributed by atoms with Gasteiger partial charge in [-0.25, -0.2) is 13.1 Å². The third-order valence-electron chi connectivity index (χ3n) is 3.54. The lowest BCUT2D eigenvalue weighted by Crippen LogP contribution is -2.47. The average molecular weight is 313 g/mol. The Bertz CT molecular complexity index is 645. The highest BCUT2D eigenvalue weighted by atomic mass is 32.2. The van der Waals surface area contributed by atoms with Crippen LogP contribution >= 0.6 is 0 Å². The number of sulfonamides is 1. The van der Waals surface area contributed by atoms with Crippen molar-refractivity contribution in [2.24, 2.45) is 0 Å². The minimum absolute atomic E-state index is 0.0949. The summed E-state index contributed by atoms with van der Waals surface area (Å²) < 4.78 is 25.2. The molecule has 0 bridgehead atoms. The molecule has 0 amide bonds. The van der Waals surface area contributed by atoms with Gasteiger partial charge in [0, 0.05) is 24.7 Å². The summed E-state index contributed by atoms with van der Waals surface area (Å²) in [5.74, 6) is 0. The van der Waals surface area contributed by atoms with Crippen molar-refractivity contribution in [3.05, 3.63) is 33.9 Å². The monoisotopic (exact) mass is 313 g/mol. The van der Waals surface area contributed by atoms with E-state index in [0.717, 1.165) is 19.1 Å². The van der Waals surface area contributed by atoms with Gasteiger partial charge in [-0.1, -0.05) is 12.1 Å². The number of nitrogens with one attached hydrogen (secondary N) is 1. The van der Waals surface area contributed by atoms with E-state index in [4.69, 9.17) is 0 Å². The maximum atomic E-state index is 11.3. The zero-order valence-corrected chi connectivity index (χ0v) is 12.9. The van der Waals surface area contributed by atoms with Crippen LogP contribution in [0.2, 0.25) is 0 Å². The van der Waals surface area contributed by atoms with Crippen molar-refractivity contribution in [1.82, 2.24) is 4.72 Å². The van der Waals surface area contributed by atoms with E-state index in [1.54, 1.807) is 25.1 Å². The number of nitro benzene ring substituents is 1. The first-order chi connectivity index (χ1) is 9.78. The molecule has 1 N–H and O–H groups in total. The molecule has 1 aromatic carbocycles. The van der Waals surface area contributed by atoms with Crippen molar-refractivity contribution in [3.63, 3.8) is 0 Å². The SMILES string of the molecule is Cc1cccc(N2CCC[C@H](NS(C)(=O)=O)C2)c1[N+](=O)[O-]. The molecule has 2 rings (SSSR count). The lowest BCUT2D eigenvalue weighted by Gasteiger charge is -2.34. The Morgan fingerprint density at radius 3 is 2.76 bits per heavy atom. The third-order valence-corrected chi connectivity index (χ3v) is 4.30. The molecule has 0 aliphatic carbocycles. The third kappa shape index (κ3) is 3.92. The van der Waals surface area contributed by atoms with Gasteiger partial charge in [0.1, 0.15) is 5.69 Å². The number of anilines is 1. The number of aryl methyl sites for hydroxylation is 1. The molecule has 0 radical (unpaired) electrons. The van der Waals surface area contributed by atoms with Crippen LogP contribution in [0.3, 0.4) is 0 Å². The molecule has 1 heterocycles. The lowest BCUT2D eigenvalue weighted by molar-refractivity contribution is -0.384. The number of piperidine rings is 1. The molecule has 7 nitrogen and oxygen atoms in total. The van der Waals surface area contributed by atoms with Crippen molar-refractivity contribution in [3.8, 4) is 0 Å². The van der Waals surface area contributed by atoms with E-state index < -0.39 is 10.0 Å². The van der Waals surface area contributed by atoms with Crippen LogP contribution in [0.4, 0.5) is 11.4 Å². The van der Waals surface area contributed by atoms with E-state index in [2.05, 4.69) is 4.72 Å². The van der Waals surface area contributed by atoms with Gasteiger partial charge in [0.15, 0.2) is 0 Å². The Hall–Kier alpha value is -1.67. The Morgan fingerprint density at radius 1 is 1.43 bits per heavy atom. The number of rotatable bonds is 4. The fourth-order valence-corrected chi connectivity index (χ4v) is 3.53. The zero-order valence-electron chi connectivity index (χ0n) is 12.1. The molecule has 0 spiro atoms. The maximum Gasteiger partial charge on any atom is 0.295 e. The molecule has 116 valence electrons. The van der Waals surface area contributed by atoms with E-state index in [-0.39, 0.29) is 16.7 Å². The summed E-state index contributed by atoms with van der Waals surface area (Å²) in [7, 11) is -3.27. The lowest BCUT2D eigenvalue weighted by atomic mass is 10.0. The molecule has 1 saturated heterocycles. The van der Waals surface area contributed by atoms with Crippen LogP contribution in [0.1, 0.15) is 18.4 Å². The van der Waals surface area contributed by atoms with Crippen LogP contribution < -0.4 is 9.62 Å². The van der Waals surface area contributed by atoms with E-state index >= 15 is 0 Å². The predicted molar refractivity (Wildman–Crippen MR) is 81.0 cm³/mol. The van der Waals surface area contributed by atoms with Crippen molar-refractivity contribution < 1.29 is 13.3 Å². The molecular weight excluding hydrogens is 294 g/mol. The number of benzene rings is 1. The van der Waals surface area contributed by atoms with E-state index in [9.17, 15) is 18.5 Å². The van der Waals surface area contributed by atoms with Gasteiger partial charge in [-0.2, -0.15) is 0 Å². The average Bonchev–Trinajstić information content (AvgIpc) is 2.36. The largest absolute Gasteiger partial charge is 0.364 e. The van der Waals surface area contributed by atoms with Crippen molar-refractivity contribution in [2.75, 3.05) is 24.2 Å². The van der Waals surface area contributed by atoms with Crippen LogP contribution in [0.25, 0.3) is 0 Å². The second-order valence-electron chi connectivity index (χ2n) is 5.37. The highest BCUT2D eigenvalue weighted by Gasteiger charge is 2.27. The van der Waals surface area contributed by atoms with Crippen LogP contribution in [0.5, 0.6) is 0 Å². The van der Waals surface area contributed by atoms with E-state index in [1.165, 1.54) is 0 Å². The van der Waals surface area contributed by atoms with Gasteiger partial charge in [0.2, 0.25) is 10.0 Å². The van der Waals surface area contributed by atoms with Crippen LogP contribution in [0, 0.1) is 17.0 Å². The van der Waals surface area contributed by atoms with Crippen molar-refractivity contribution >= 4 is 21.4 Å². The first-order valence-corrected chi connectivity index (χ1v) is 8.63. The van der Waals surface area contributed by atoms with Crippen LogP contribution in [-0.2, 0) is 10.0 Å². The standard InChI is InChI=1S/C13H19N3O4S/c1-10-5-3-7-12(13(10)16(17)18)15-8-4-6-11(9-15)14-21(2,19)20/h3,5,7,11,14H,4,6,8-9H2,1-2H3/t11-/m0/s1. The zero-order chi connectivity index (χ0) is 15.6. The second-order valence-corrected chi connectivity index (χ2v) is 7.15. The Labute approximate surface area is 124 Å². The van der Waals surface area contributed by atoms with Gasteiger partial charge in [0.25, 0.3) is 5.69 Å². The smallest absolute Gasteiger partial charge is 0.295 e. The molecule has 8 heteroatoms. The van der Waals surface area contributed by atoms with Crippen molar-refractivity contribution in [1.29, 1.82) is 0 Å². The molecule has 1 aliphatic heterocycles. The Kier molecular flexibility index (Phi) is 4.48. The molecule has 1 fully saturated rings. The summed E-state index contributed by atoms with van der Waals surface area (Å²) in [6.07, 6.45) is 2.66. The van der Waals surface area contributed by atoms with E-state index in [1.807, 2.05) is 4.90 Å². The highest BCUT2D eigenvalue weighted by Crippen LogP contribution is 2.33. The topological polar surface area (TPSA) is 92.6 Å². The molecular formula is C13H19N3O4S. The van der Waals surface area contributed by atoms with Crippen molar-refractivity contribution in [2.45, 2.75) is 25.8 Å². The normalized spacial score (nSPS) is 19.5. The first-order valence-electron chi connectivity index (χ1n) is 6.74. The van der Waals surface area contributed by atoms with Gasteiger partial charge in [-0.15, -0.1) is 0 Å².